The van der Waals surface area contributed by atoms with E-state index in [9.17, 15) is 8.78 Å². The second-order valence-electron chi connectivity index (χ2n) is 6.13. The number of benzene rings is 2. The Morgan fingerprint density at radius 2 is 1.96 bits per heavy atom. The molecule has 0 saturated heterocycles. The van der Waals surface area contributed by atoms with Crippen LogP contribution in [0.5, 0.6) is 5.75 Å². The number of hydrogen-bond acceptors (Lipinski definition) is 5. The highest BCUT2D eigenvalue weighted by atomic mass is 79.9. The zero-order valence-corrected chi connectivity index (χ0v) is 16.6. The molecule has 1 aliphatic heterocycles. The first-order valence-electron chi connectivity index (χ1n) is 8.38. The summed E-state index contributed by atoms with van der Waals surface area (Å²) in [5, 5.41) is 4.78. The van der Waals surface area contributed by atoms with Crippen LogP contribution in [0.4, 0.5) is 8.78 Å². The summed E-state index contributed by atoms with van der Waals surface area (Å²) in [6, 6.07) is 9.18. The summed E-state index contributed by atoms with van der Waals surface area (Å²) in [6.07, 6.45) is 2.03. The van der Waals surface area contributed by atoms with Crippen molar-refractivity contribution in [3.05, 3.63) is 63.7 Å². The Balaban J connectivity index is 1.64. The summed E-state index contributed by atoms with van der Waals surface area (Å²) >= 11 is 4.91. The summed E-state index contributed by atoms with van der Waals surface area (Å²) in [5.74, 6) is -0.311. The number of thiazole rings is 1. The number of halogens is 3. The fourth-order valence-electron chi connectivity index (χ4n) is 3.11. The van der Waals surface area contributed by atoms with Crippen LogP contribution < -0.4 is 4.74 Å². The molecule has 0 aliphatic carbocycles. The predicted molar refractivity (Wildman–Crippen MR) is 105 cm³/mol. The number of aromatic nitrogens is 4. The van der Waals surface area contributed by atoms with Crippen LogP contribution in [0.2, 0.25) is 0 Å². The summed E-state index contributed by atoms with van der Waals surface area (Å²) in [5.41, 5.74) is 1.88. The molecule has 0 N–H and O–H groups in total. The second-order valence-corrected chi connectivity index (χ2v) is 8.10. The molecule has 0 radical (unpaired) electrons. The third-order valence-corrected chi connectivity index (χ3v) is 5.96. The molecule has 0 atom stereocenters. The van der Waals surface area contributed by atoms with Gasteiger partial charge in [0.1, 0.15) is 23.7 Å². The highest BCUT2D eigenvalue weighted by Gasteiger charge is 2.23. The van der Waals surface area contributed by atoms with Crippen molar-refractivity contribution in [2.24, 2.45) is 0 Å². The van der Waals surface area contributed by atoms with E-state index in [1.165, 1.54) is 34.5 Å². The first kappa shape index (κ1) is 17.4. The van der Waals surface area contributed by atoms with Gasteiger partial charge in [0.15, 0.2) is 5.82 Å². The van der Waals surface area contributed by atoms with Gasteiger partial charge in [0, 0.05) is 27.4 Å². The molecule has 4 aromatic rings. The van der Waals surface area contributed by atoms with E-state index in [0.29, 0.717) is 18.2 Å². The Bertz CT molecular complexity index is 1210. The lowest BCUT2D eigenvalue weighted by Gasteiger charge is -2.07. The first-order valence-corrected chi connectivity index (χ1v) is 9.99. The van der Waals surface area contributed by atoms with Crippen molar-refractivity contribution in [2.45, 2.75) is 6.42 Å². The molecule has 3 heterocycles. The van der Waals surface area contributed by atoms with Gasteiger partial charge in [-0.25, -0.2) is 18.7 Å². The van der Waals surface area contributed by atoms with E-state index in [1.54, 1.807) is 0 Å². The molecule has 0 spiro atoms. The highest BCUT2D eigenvalue weighted by Crippen LogP contribution is 2.40. The molecule has 5 nitrogen and oxygen atoms in total. The minimum Gasteiger partial charge on any atom is -0.492 e. The lowest BCUT2D eigenvalue weighted by Crippen LogP contribution is -2.01. The summed E-state index contributed by atoms with van der Waals surface area (Å²) in [4.78, 5) is 9.96. The molecule has 9 heteroatoms. The van der Waals surface area contributed by atoms with Crippen molar-refractivity contribution in [2.75, 3.05) is 6.61 Å². The molecular formula is C19H11BrF2N4OS. The molecule has 140 valence electrons. The van der Waals surface area contributed by atoms with Crippen LogP contribution in [0.15, 0.2) is 47.2 Å². The van der Waals surface area contributed by atoms with E-state index in [1.807, 2.05) is 18.2 Å². The maximum Gasteiger partial charge on any atom is 0.213 e. The Kier molecular flexibility index (Phi) is 4.21. The van der Waals surface area contributed by atoms with Gasteiger partial charge in [0.2, 0.25) is 5.13 Å². The van der Waals surface area contributed by atoms with Crippen LogP contribution in [-0.2, 0) is 6.42 Å². The minimum absolute atomic E-state index is 0.164. The molecule has 2 aromatic heterocycles. The Morgan fingerprint density at radius 3 is 2.82 bits per heavy atom. The van der Waals surface area contributed by atoms with Crippen molar-refractivity contribution in [1.82, 2.24) is 19.7 Å². The predicted octanol–water partition coefficient (Wildman–Crippen LogP) is 5.03. The number of nitrogens with zero attached hydrogens (tertiary/aromatic N) is 4. The van der Waals surface area contributed by atoms with Gasteiger partial charge in [-0.1, -0.05) is 27.3 Å². The molecule has 5 rings (SSSR count). The van der Waals surface area contributed by atoms with E-state index in [4.69, 9.17) is 9.72 Å². The van der Waals surface area contributed by atoms with Crippen LogP contribution in [0.25, 0.3) is 27.8 Å². The lowest BCUT2D eigenvalue weighted by atomic mass is 10.1. The molecule has 0 amide bonds. The van der Waals surface area contributed by atoms with Gasteiger partial charge >= 0.3 is 0 Å². The number of hydrogen-bond donors (Lipinski definition) is 0. The quantitative estimate of drug-likeness (QED) is 0.420. The maximum atomic E-state index is 14.3. The molecule has 2 aromatic carbocycles. The van der Waals surface area contributed by atoms with Crippen molar-refractivity contribution in [1.29, 1.82) is 0 Å². The van der Waals surface area contributed by atoms with Gasteiger partial charge in [-0.15, -0.1) is 0 Å². The minimum atomic E-state index is -0.698. The van der Waals surface area contributed by atoms with Gasteiger partial charge in [0.05, 0.1) is 17.9 Å². The van der Waals surface area contributed by atoms with Crippen LogP contribution >= 0.6 is 27.3 Å². The Labute approximate surface area is 170 Å². The molecule has 0 fully saturated rings. The van der Waals surface area contributed by atoms with E-state index in [2.05, 4.69) is 26.0 Å². The van der Waals surface area contributed by atoms with E-state index < -0.39 is 11.6 Å². The van der Waals surface area contributed by atoms with Crippen LogP contribution in [-0.4, -0.2) is 26.4 Å². The van der Waals surface area contributed by atoms with Gasteiger partial charge in [-0.05, 0) is 30.3 Å². The van der Waals surface area contributed by atoms with E-state index in [0.717, 1.165) is 32.4 Å². The number of rotatable bonds is 2. The Hall–Kier alpha value is -2.65. The lowest BCUT2D eigenvalue weighted by molar-refractivity contribution is 0.327. The van der Waals surface area contributed by atoms with Gasteiger partial charge in [-0.3, -0.25) is 0 Å². The average Bonchev–Trinajstić information content (AvgIpc) is 3.26. The fourth-order valence-corrected chi connectivity index (χ4v) is 4.47. The topological polar surface area (TPSA) is 52.8 Å². The monoisotopic (exact) mass is 460 g/mol. The van der Waals surface area contributed by atoms with E-state index >= 15 is 0 Å². The fraction of sp³-hybridized carbons (Fsp3) is 0.105. The van der Waals surface area contributed by atoms with Gasteiger partial charge in [0.25, 0.3) is 0 Å². The van der Waals surface area contributed by atoms with Crippen molar-refractivity contribution in [3.8, 4) is 33.5 Å². The molecular weight excluding hydrogens is 450 g/mol. The largest absolute Gasteiger partial charge is 0.492 e. The number of ether oxygens (including phenoxy) is 1. The Morgan fingerprint density at radius 1 is 1.11 bits per heavy atom. The third-order valence-electron chi connectivity index (χ3n) is 4.37. The van der Waals surface area contributed by atoms with Gasteiger partial charge in [-0.2, -0.15) is 9.78 Å². The molecule has 28 heavy (non-hydrogen) atoms. The van der Waals surface area contributed by atoms with Gasteiger partial charge < -0.3 is 4.74 Å². The molecule has 0 unspecified atom stereocenters. The zero-order chi connectivity index (χ0) is 19.3. The summed E-state index contributed by atoms with van der Waals surface area (Å²) in [6.45, 7) is 0.537. The smallest absolute Gasteiger partial charge is 0.213 e. The van der Waals surface area contributed by atoms with E-state index in [-0.39, 0.29) is 11.4 Å². The highest BCUT2D eigenvalue weighted by molar-refractivity contribution is 9.10. The molecule has 0 saturated carbocycles. The average molecular weight is 461 g/mol. The SMILES string of the molecule is Fc1ccc(-c2ncnn2-c2nc3c(s2)CCOc2cc(Br)ccc2-3)c(F)c1. The van der Waals surface area contributed by atoms with Crippen LogP contribution in [0.1, 0.15) is 4.88 Å². The summed E-state index contributed by atoms with van der Waals surface area (Å²) in [7, 11) is 0. The molecule has 1 aliphatic rings. The molecule has 0 bridgehead atoms. The third kappa shape index (κ3) is 2.91. The van der Waals surface area contributed by atoms with Crippen LogP contribution in [0, 0.1) is 11.6 Å². The van der Waals surface area contributed by atoms with Crippen molar-refractivity contribution in [3.63, 3.8) is 0 Å². The number of fused-ring (bicyclic) bond motifs is 3. The van der Waals surface area contributed by atoms with Crippen molar-refractivity contribution >= 4 is 27.3 Å². The van der Waals surface area contributed by atoms with Crippen molar-refractivity contribution < 1.29 is 13.5 Å². The standard InChI is InChI=1S/C19H11BrF2N4OS/c20-10-1-3-13-15(7-10)27-6-5-16-17(13)25-19(28-16)26-18(23-9-24-26)12-4-2-11(21)8-14(12)22/h1-4,7-9H,5-6H2. The zero-order valence-electron chi connectivity index (χ0n) is 14.2. The second kappa shape index (κ2) is 6.75. The first-order chi connectivity index (χ1) is 13.6. The summed E-state index contributed by atoms with van der Waals surface area (Å²) < 4.78 is 35.8. The normalized spacial score (nSPS) is 12.8. The maximum absolute atomic E-state index is 14.3. The van der Waals surface area contributed by atoms with Crippen LogP contribution in [0.3, 0.4) is 0 Å².